The van der Waals surface area contributed by atoms with E-state index in [2.05, 4.69) is 4.98 Å². The van der Waals surface area contributed by atoms with E-state index in [0.717, 1.165) is 11.1 Å². The van der Waals surface area contributed by atoms with Gasteiger partial charge in [-0.2, -0.15) is 0 Å². The Kier molecular flexibility index (Phi) is 2.36. The number of fused-ring (bicyclic) bond motifs is 4. The topological polar surface area (TPSA) is 52.0 Å². The molecule has 3 aromatic rings. The predicted octanol–water partition coefficient (Wildman–Crippen LogP) is 2.63. The summed E-state index contributed by atoms with van der Waals surface area (Å²) in [4.78, 5) is 28.7. The third kappa shape index (κ3) is 1.65. The van der Waals surface area contributed by atoms with Crippen molar-refractivity contribution in [1.29, 1.82) is 0 Å². The first-order chi connectivity index (χ1) is 10.1. The average molecular weight is 276 g/mol. The molecule has 0 fully saturated rings. The van der Waals surface area contributed by atoms with Crippen molar-refractivity contribution in [1.82, 2.24) is 9.55 Å². The molecule has 0 amide bonds. The maximum Gasteiger partial charge on any atom is 0.261 e. The number of aromatic nitrogens is 2. The molecule has 0 N–H and O–H groups in total. The molecule has 0 saturated carbocycles. The molecule has 0 bridgehead atoms. The van der Waals surface area contributed by atoms with Gasteiger partial charge in [-0.05, 0) is 24.6 Å². The molecule has 0 aliphatic carbocycles. The molecule has 21 heavy (non-hydrogen) atoms. The fourth-order valence-corrected chi connectivity index (χ4v) is 2.84. The number of benzene rings is 2. The van der Waals surface area contributed by atoms with E-state index in [-0.39, 0.29) is 11.3 Å². The Hall–Kier alpha value is -2.75. The Balaban J connectivity index is 2.07. The molecular formula is C17H12N2O2. The number of Topliss-reactive ketones (excluding diaryl/α,β-unsaturated/α-hetero) is 1. The molecule has 2 heterocycles. The lowest BCUT2D eigenvalue weighted by Crippen LogP contribution is -2.20. The number of carbonyl (C=O) groups excluding carboxylic acids is 1. The molecule has 1 aliphatic rings. The Morgan fingerprint density at radius 1 is 1.19 bits per heavy atom. The molecule has 0 saturated heterocycles. The van der Waals surface area contributed by atoms with Crippen LogP contribution in [0, 0.1) is 0 Å². The van der Waals surface area contributed by atoms with Crippen molar-refractivity contribution in [2.75, 3.05) is 0 Å². The summed E-state index contributed by atoms with van der Waals surface area (Å²) in [5.41, 5.74) is 3.19. The Labute approximate surface area is 120 Å². The first-order valence-electron chi connectivity index (χ1n) is 6.79. The quantitative estimate of drug-likeness (QED) is 0.502. The highest BCUT2D eigenvalue weighted by Gasteiger charge is 2.21. The Bertz CT molecular complexity index is 970. The van der Waals surface area contributed by atoms with Crippen molar-refractivity contribution in [3.63, 3.8) is 0 Å². The van der Waals surface area contributed by atoms with Crippen LogP contribution in [0.5, 0.6) is 0 Å². The first-order valence-corrected chi connectivity index (χ1v) is 6.79. The lowest BCUT2D eigenvalue weighted by molar-refractivity contribution is 0.101. The van der Waals surface area contributed by atoms with Gasteiger partial charge in [-0.25, -0.2) is 4.98 Å². The normalized spacial score (nSPS) is 12.2. The second kappa shape index (κ2) is 4.12. The Morgan fingerprint density at radius 3 is 2.81 bits per heavy atom. The van der Waals surface area contributed by atoms with Gasteiger partial charge in [-0.15, -0.1) is 0 Å². The third-order valence-corrected chi connectivity index (χ3v) is 3.95. The molecule has 0 spiro atoms. The van der Waals surface area contributed by atoms with Gasteiger partial charge in [0.1, 0.15) is 5.82 Å². The fourth-order valence-electron chi connectivity index (χ4n) is 2.84. The molecule has 0 unspecified atom stereocenters. The van der Waals surface area contributed by atoms with E-state index in [9.17, 15) is 9.59 Å². The van der Waals surface area contributed by atoms with Gasteiger partial charge in [0.2, 0.25) is 0 Å². The fraction of sp³-hybridized carbons (Fsp3) is 0.118. The molecule has 1 aromatic heterocycles. The summed E-state index contributed by atoms with van der Waals surface area (Å²) < 4.78 is 1.69. The van der Waals surface area contributed by atoms with Crippen LogP contribution >= 0.6 is 0 Å². The van der Waals surface area contributed by atoms with Gasteiger partial charge in [-0.3, -0.25) is 14.2 Å². The highest BCUT2D eigenvalue weighted by Crippen LogP contribution is 2.29. The summed E-state index contributed by atoms with van der Waals surface area (Å²) in [6.45, 7) is 2.07. The van der Waals surface area contributed by atoms with Crippen molar-refractivity contribution in [2.24, 2.45) is 0 Å². The summed E-state index contributed by atoms with van der Waals surface area (Å²) in [5.74, 6) is 0.656. The molecule has 4 heteroatoms. The van der Waals surface area contributed by atoms with Gasteiger partial charge in [0.25, 0.3) is 5.56 Å². The van der Waals surface area contributed by atoms with E-state index in [1.807, 2.05) is 24.3 Å². The van der Waals surface area contributed by atoms with Crippen LogP contribution in [0.15, 0.2) is 47.3 Å². The second-order valence-electron chi connectivity index (χ2n) is 5.27. The summed E-state index contributed by atoms with van der Waals surface area (Å²) >= 11 is 0. The van der Waals surface area contributed by atoms with Crippen LogP contribution in [0.1, 0.15) is 22.8 Å². The van der Waals surface area contributed by atoms with Crippen molar-refractivity contribution in [3.05, 3.63) is 63.9 Å². The number of rotatable bonds is 1. The van der Waals surface area contributed by atoms with E-state index < -0.39 is 0 Å². The van der Waals surface area contributed by atoms with Crippen LogP contribution in [0.25, 0.3) is 22.3 Å². The molecule has 0 radical (unpaired) electrons. The van der Waals surface area contributed by atoms with E-state index in [1.54, 1.807) is 22.8 Å². The maximum absolute atomic E-state index is 12.6. The van der Waals surface area contributed by atoms with Gasteiger partial charge < -0.3 is 0 Å². The number of hydrogen-bond donors (Lipinski definition) is 0. The van der Waals surface area contributed by atoms with Gasteiger partial charge >= 0.3 is 0 Å². The second-order valence-corrected chi connectivity index (χ2v) is 5.27. The molecule has 2 aromatic carbocycles. The monoisotopic (exact) mass is 276 g/mol. The minimum Gasteiger partial charge on any atom is -0.295 e. The molecule has 4 nitrogen and oxygen atoms in total. The number of carbonyl (C=O) groups is 1. The minimum absolute atomic E-state index is 0.0281. The van der Waals surface area contributed by atoms with E-state index in [1.165, 1.54) is 6.92 Å². The summed E-state index contributed by atoms with van der Waals surface area (Å²) in [6.07, 6.45) is 0. The van der Waals surface area contributed by atoms with Crippen molar-refractivity contribution in [3.8, 4) is 11.4 Å². The van der Waals surface area contributed by atoms with Crippen molar-refractivity contribution < 1.29 is 4.79 Å². The zero-order valence-electron chi connectivity index (χ0n) is 11.5. The van der Waals surface area contributed by atoms with Crippen LogP contribution in [0.3, 0.4) is 0 Å². The highest BCUT2D eigenvalue weighted by molar-refractivity contribution is 5.97. The standard InChI is InChI=1S/C17H12N2O2/c1-10(20)11-6-7-14-15(8-11)18-16-13-5-3-2-4-12(13)9-19(16)17(14)21/h2-8H,9H2,1H3. The largest absolute Gasteiger partial charge is 0.295 e. The molecular weight excluding hydrogens is 264 g/mol. The zero-order valence-corrected chi connectivity index (χ0v) is 11.5. The van der Waals surface area contributed by atoms with Crippen LogP contribution in [0.2, 0.25) is 0 Å². The van der Waals surface area contributed by atoms with E-state index in [4.69, 9.17) is 0 Å². The Morgan fingerprint density at radius 2 is 2.00 bits per heavy atom. The summed E-state index contributed by atoms with van der Waals surface area (Å²) in [6, 6.07) is 13.0. The van der Waals surface area contributed by atoms with Crippen molar-refractivity contribution in [2.45, 2.75) is 13.5 Å². The van der Waals surface area contributed by atoms with Gasteiger partial charge in [0, 0.05) is 11.1 Å². The maximum atomic E-state index is 12.6. The zero-order chi connectivity index (χ0) is 14.6. The van der Waals surface area contributed by atoms with Gasteiger partial charge in [-0.1, -0.05) is 30.3 Å². The number of hydrogen-bond acceptors (Lipinski definition) is 3. The summed E-state index contributed by atoms with van der Waals surface area (Å²) in [7, 11) is 0. The van der Waals surface area contributed by atoms with E-state index in [0.29, 0.717) is 28.8 Å². The third-order valence-electron chi connectivity index (χ3n) is 3.95. The molecule has 102 valence electrons. The average Bonchev–Trinajstić information content (AvgIpc) is 2.86. The molecule has 1 aliphatic heterocycles. The predicted molar refractivity (Wildman–Crippen MR) is 80.5 cm³/mol. The van der Waals surface area contributed by atoms with Crippen LogP contribution in [0.4, 0.5) is 0 Å². The number of nitrogens with zero attached hydrogens (tertiary/aromatic N) is 2. The smallest absolute Gasteiger partial charge is 0.261 e. The number of ketones is 1. The van der Waals surface area contributed by atoms with Crippen LogP contribution < -0.4 is 5.56 Å². The SMILES string of the molecule is CC(=O)c1ccc2c(=O)n3c(nc2c1)-c1ccccc1C3. The van der Waals surface area contributed by atoms with Crippen molar-refractivity contribution >= 4 is 16.7 Å². The van der Waals surface area contributed by atoms with Gasteiger partial charge in [0.15, 0.2) is 5.78 Å². The lowest BCUT2D eigenvalue weighted by Gasteiger charge is -2.06. The van der Waals surface area contributed by atoms with Crippen LogP contribution in [-0.4, -0.2) is 15.3 Å². The van der Waals surface area contributed by atoms with Crippen LogP contribution in [-0.2, 0) is 6.54 Å². The van der Waals surface area contributed by atoms with E-state index >= 15 is 0 Å². The van der Waals surface area contributed by atoms with Gasteiger partial charge in [0.05, 0.1) is 17.4 Å². The summed E-state index contributed by atoms with van der Waals surface area (Å²) in [5, 5.41) is 0.552. The highest BCUT2D eigenvalue weighted by atomic mass is 16.1. The molecule has 4 rings (SSSR count). The molecule has 0 atom stereocenters. The lowest BCUT2D eigenvalue weighted by atomic mass is 10.1. The minimum atomic E-state index is -0.0543. The first kappa shape index (κ1) is 12.0.